The molecule has 0 saturated heterocycles. The lowest BCUT2D eigenvalue weighted by Gasteiger charge is -2.06. The fourth-order valence-corrected chi connectivity index (χ4v) is 3.87. The van der Waals surface area contributed by atoms with Crippen molar-refractivity contribution in [2.75, 3.05) is 5.75 Å². The predicted octanol–water partition coefficient (Wildman–Crippen LogP) is 2.63. The highest BCUT2D eigenvalue weighted by Gasteiger charge is 2.15. The van der Waals surface area contributed by atoms with Gasteiger partial charge in [0.1, 0.15) is 0 Å². The molecule has 2 rings (SSSR count). The highest BCUT2D eigenvalue weighted by Crippen LogP contribution is 2.21. The van der Waals surface area contributed by atoms with Crippen LogP contribution in [0, 0.1) is 0 Å². The van der Waals surface area contributed by atoms with E-state index in [4.69, 9.17) is 11.6 Å². The molecule has 0 aliphatic heterocycles. The molecule has 112 valence electrons. The summed E-state index contributed by atoms with van der Waals surface area (Å²) in [5, 5.41) is 0. The van der Waals surface area contributed by atoms with E-state index in [9.17, 15) is 13.2 Å². The number of carbonyl (C=O) groups excluding carboxylic acids is 1. The summed E-state index contributed by atoms with van der Waals surface area (Å²) in [6, 6.07) is 12.7. The molecule has 0 aliphatic carbocycles. The van der Waals surface area contributed by atoms with Crippen molar-refractivity contribution in [1.82, 2.24) is 4.72 Å². The van der Waals surface area contributed by atoms with E-state index in [-0.39, 0.29) is 12.2 Å². The first-order chi connectivity index (χ1) is 9.94. The standard InChI is InChI=1S/C14H14ClNO3S2/c15-13-7-6-12(20-13)10-14(17)16-21(18,19)9-8-11-4-2-1-3-5-11/h1-7H,8-10H2,(H,16,17). The maximum atomic E-state index is 11.9. The van der Waals surface area contributed by atoms with E-state index in [1.165, 1.54) is 11.3 Å². The minimum Gasteiger partial charge on any atom is -0.274 e. The number of carbonyl (C=O) groups is 1. The van der Waals surface area contributed by atoms with Crippen LogP contribution in [-0.2, 0) is 27.7 Å². The summed E-state index contributed by atoms with van der Waals surface area (Å²) in [5.41, 5.74) is 0.917. The number of aryl methyl sites for hydroxylation is 1. The average Bonchev–Trinajstić information content (AvgIpc) is 2.82. The Balaban J connectivity index is 1.87. The number of hydrogen-bond acceptors (Lipinski definition) is 4. The van der Waals surface area contributed by atoms with E-state index < -0.39 is 15.9 Å². The fourth-order valence-electron chi connectivity index (χ4n) is 1.76. The number of rotatable bonds is 6. The highest BCUT2D eigenvalue weighted by molar-refractivity contribution is 7.90. The van der Waals surface area contributed by atoms with Gasteiger partial charge in [-0.25, -0.2) is 8.42 Å². The Morgan fingerprint density at radius 2 is 1.86 bits per heavy atom. The van der Waals surface area contributed by atoms with E-state index in [0.29, 0.717) is 10.8 Å². The first-order valence-electron chi connectivity index (χ1n) is 6.26. The van der Waals surface area contributed by atoms with Gasteiger partial charge in [-0.3, -0.25) is 9.52 Å². The molecule has 0 fully saturated rings. The zero-order chi connectivity index (χ0) is 15.3. The molecule has 7 heteroatoms. The van der Waals surface area contributed by atoms with Gasteiger partial charge in [0.25, 0.3) is 0 Å². The first-order valence-corrected chi connectivity index (χ1v) is 9.11. The molecule has 1 heterocycles. The number of amides is 1. The molecular weight excluding hydrogens is 330 g/mol. The van der Waals surface area contributed by atoms with Gasteiger partial charge >= 0.3 is 0 Å². The molecule has 0 atom stereocenters. The van der Waals surface area contributed by atoms with Crippen LogP contribution >= 0.6 is 22.9 Å². The zero-order valence-corrected chi connectivity index (χ0v) is 13.5. The smallest absolute Gasteiger partial charge is 0.238 e. The second-order valence-corrected chi connectivity index (χ2v) is 8.10. The molecule has 0 spiro atoms. The maximum absolute atomic E-state index is 11.9. The van der Waals surface area contributed by atoms with Gasteiger partial charge in [0.2, 0.25) is 15.9 Å². The molecule has 0 bridgehead atoms. The van der Waals surface area contributed by atoms with Crippen molar-refractivity contribution in [2.24, 2.45) is 0 Å². The van der Waals surface area contributed by atoms with Crippen LogP contribution in [0.4, 0.5) is 0 Å². The molecule has 0 unspecified atom stereocenters. The molecule has 2 aromatic rings. The number of nitrogens with one attached hydrogen (secondary N) is 1. The van der Waals surface area contributed by atoms with Gasteiger partial charge in [-0.15, -0.1) is 11.3 Å². The Hall–Kier alpha value is -1.37. The Morgan fingerprint density at radius 1 is 1.14 bits per heavy atom. The average molecular weight is 344 g/mol. The number of halogens is 1. The van der Waals surface area contributed by atoms with Gasteiger partial charge < -0.3 is 0 Å². The van der Waals surface area contributed by atoms with Crippen LogP contribution in [0.5, 0.6) is 0 Å². The van der Waals surface area contributed by atoms with E-state index in [1.807, 2.05) is 30.3 Å². The second-order valence-electron chi connectivity index (χ2n) is 4.46. The van der Waals surface area contributed by atoms with Crippen LogP contribution in [0.15, 0.2) is 42.5 Å². The summed E-state index contributed by atoms with van der Waals surface area (Å²) in [4.78, 5) is 12.5. The lowest BCUT2D eigenvalue weighted by atomic mass is 10.2. The van der Waals surface area contributed by atoms with Crippen molar-refractivity contribution in [3.8, 4) is 0 Å². The van der Waals surface area contributed by atoms with Crippen molar-refractivity contribution < 1.29 is 13.2 Å². The van der Waals surface area contributed by atoms with Gasteiger partial charge in [0.05, 0.1) is 16.5 Å². The Kier molecular flexibility index (Phi) is 5.39. The number of sulfonamides is 1. The van der Waals surface area contributed by atoms with Gasteiger partial charge in [-0.05, 0) is 24.1 Å². The lowest BCUT2D eigenvalue weighted by molar-refractivity contribution is -0.118. The summed E-state index contributed by atoms with van der Waals surface area (Å²) in [5.74, 6) is -0.657. The first kappa shape index (κ1) is 16.0. The van der Waals surface area contributed by atoms with E-state index in [1.54, 1.807) is 12.1 Å². The van der Waals surface area contributed by atoms with Crippen LogP contribution in [0.25, 0.3) is 0 Å². The third-order valence-electron chi connectivity index (χ3n) is 2.74. The van der Waals surface area contributed by atoms with Crippen LogP contribution in [-0.4, -0.2) is 20.1 Å². The number of thiophene rings is 1. The Labute approximate surface area is 132 Å². The second kappa shape index (κ2) is 7.06. The van der Waals surface area contributed by atoms with Gasteiger partial charge in [-0.1, -0.05) is 41.9 Å². The summed E-state index contributed by atoms with van der Waals surface area (Å²) < 4.78 is 26.4. The Morgan fingerprint density at radius 3 is 2.48 bits per heavy atom. The van der Waals surface area contributed by atoms with Crippen molar-refractivity contribution in [3.05, 3.63) is 57.2 Å². The van der Waals surface area contributed by atoms with E-state index >= 15 is 0 Å². The molecule has 4 nitrogen and oxygen atoms in total. The van der Waals surface area contributed by atoms with E-state index in [2.05, 4.69) is 4.72 Å². The van der Waals surface area contributed by atoms with Crippen molar-refractivity contribution >= 4 is 38.9 Å². The molecule has 0 radical (unpaired) electrons. The Bertz CT molecular complexity index is 711. The molecule has 1 amide bonds. The van der Waals surface area contributed by atoms with Gasteiger partial charge in [0.15, 0.2) is 0 Å². The molecular formula is C14H14ClNO3S2. The fraction of sp³-hybridized carbons (Fsp3) is 0.214. The zero-order valence-electron chi connectivity index (χ0n) is 11.1. The third kappa shape index (κ3) is 5.49. The van der Waals surface area contributed by atoms with Crippen molar-refractivity contribution in [2.45, 2.75) is 12.8 Å². The quantitative estimate of drug-likeness (QED) is 0.877. The monoisotopic (exact) mass is 343 g/mol. The minimum absolute atomic E-state index is 0.0158. The number of hydrogen-bond donors (Lipinski definition) is 1. The van der Waals surface area contributed by atoms with Crippen LogP contribution in [0.1, 0.15) is 10.4 Å². The molecule has 1 N–H and O–H groups in total. The SMILES string of the molecule is O=C(Cc1ccc(Cl)s1)NS(=O)(=O)CCc1ccccc1. The normalized spacial score (nSPS) is 11.3. The molecule has 0 aliphatic rings. The minimum atomic E-state index is -3.62. The third-order valence-corrected chi connectivity index (χ3v) is 5.25. The summed E-state index contributed by atoms with van der Waals surface area (Å²) in [6.07, 6.45) is 0.385. The van der Waals surface area contributed by atoms with Gasteiger partial charge in [-0.2, -0.15) is 0 Å². The number of benzene rings is 1. The summed E-state index contributed by atoms with van der Waals surface area (Å²) in [6.45, 7) is 0. The highest BCUT2D eigenvalue weighted by atomic mass is 35.5. The van der Waals surface area contributed by atoms with Gasteiger partial charge in [0, 0.05) is 4.88 Å². The molecule has 1 aromatic heterocycles. The van der Waals surface area contributed by atoms with Crippen molar-refractivity contribution in [3.63, 3.8) is 0 Å². The largest absolute Gasteiger partial charge is 0.274 e. The maximum Gasteiger partial charge on any atom is 0.238 e. The topological polar surface area (TPSA) is 63.2 Å². The van der Waals surface area contributed by atoms with Crippen molar-refractivity contribution in [1.29, 1.82) is 0 Å². The predicted molar refractivity (Wildman–Crippen MR) is 85.1 cm³/mol. The van der Waals surface area contributed by atoms with Crippen LogP contribution in [0.2, 0.25) is 4.34 Å². The van der Waals surface area contributed by atoms with Crippen LogP contribution in [0.3, 0.4) is 0 Å². The molecule has 0 saturated carbocycles. The summed E-state index contributed by atoms with van der Waals surface area (Å²) in [7, 11) is -3.62. The molecule has 1 aromatic carbocycles. The van der Waals surface area contributed by atoms with Crippen LogP contribution < -0.4 is 4.72 Å². The lowest BCUT2D eigenvalue weighted by Crippen LogP contribution is -2.34. The molecule has 21 heavy (non-hydrogen) atoms. The van der Waals surface area contributed by atoms with E-state index in [0.717, 1.165) is 10.4 Å². The summed E-state index contributed by atoms with van der Waals surface area (Å²) >= 11 is 7.03.